The predicted octanol–water partition coefficient (Wildman–Crippen LogP) is 1.79. The van der Waals surface area contributed by atoms with Crippen LogP contribution in [-0.2, 0) is 0 Å². The molecule has 0 radical (unpaired) electrons. The third kappa shape index (κ3) is 6.23. The van der Waals surface area contributed by atoms with E-state index >= 15 is 0 Å². The molecular formula is C17H37N3O. The zero-order valence-electron chi connectivity index (χ0n) is 15.0. The molecule has 2 N–H and O–H groups in total. The van der Waals surface area contributed by atoms with Gasteiger partial charge in [-0.25, -0.2) is 0 Å². The second-order valence-corrected chi connectivity index (χ2v) is 7.74. The number of rotatable bonds is 9. The largest absolute Gasteiger partial charge is 0.394 e. The summed E-state index contributed by atoms with van der Waals surface area (Å²) in [5.74, 6) is 0.769. The van der Waals surface area contributed by atoms with E-state index in [0.717, 1.165) is 12.3 Å². The van der Waals surface area contributed by atoms with Crippen molar-refractivity contribution >= 4 is 0 Å². The van der Waals surface area contributed by atoms with Gasteiger partial charge in [0.05, 0.1) is 6.61 Å². The number of nitrogens with one attached hydrogen (secondary N) is 1. The van der Waals surface area contributed by atoms with Crippen LogP contribution >= 0.6 is 0 Å². The molecule has 3 atom stereocenters. The van der Waals surface area contributed by atoms with Gasteiger partial charge < -0.3 is 20.2 Å². The number of nitrogens with zero attached hydrogens (tertiary/aromatic N) is 2. The van der Waals surface area contributed by atoms with E-state index < -0.39 is 0 Å². The number of likely N-dealkylation sites (N-methyl/N-ethyl adjacent to an activating group) is 1. The fraction of sp³-hybridized carbons (Fsp3) is 1.00. The summed E-state index contributed by atoms with van der Waals surface area (Å²) in [5, 5.41) is 13.1. The van der Waals surface area contributed by atoms with Gasteiger partial charge in [-0.15, -0.1) is 0 Å². The summed E-state index contributed by atoms with van der Waals surface area (Å²) < 4.78 is 0. The molecule has 3 unspecified atom stereocenters. The van der Waals surface area contributed by atoms with Gasteiger partial charge in [0.15, 0.2) is 0 Å². The molecule has 0 aromatic carbocycles. The first-order valence-corrected chi connectivity index (χ1v) is 8.55. The quantitative estimate of drug-likeness (QED) is 0.637. The molecular weight excluding hydrogens is 262 g/mol. The Morgan fingerprint density at radius 2 is 1.95 bits per heavy atom. The lowest BCUT2D eigenvalue weighted by atomic mass is 9.95. The van der Waals surface area contributed by atoms with E-state index in [-0.39, 0.29) is 12.1 Å². The fourth-order valence-corrected chi connectivity index (χ4v) is 3.65. The van der Waals surface area contributed by atoms with Crippen LogP contribution in [0.15, 0.2) is 0 Å². The predicted molar refractivity (Wildman–Crippen MR) is 90.7 cm³/mol. The molecule has 0 amide bonds. The Hall–Kier alpha value is -0.160. The lowest BCUT2D eigenvalue weighted by molar-refractivity contribution is 0.152. The minimum absolute atomic E-state index is 0.126. The molecule has 1 rings (SSSR count). The van der Waals surface area contributed by atoms with Crippen molar-refractivity contribution in [3.05, 3.63) is 0 Å². The maximum Gasteiger partial charge on any atom is 0.0610 e. The number of likely N-dealkylation sites (tertiary alicyclic amines) is 1. The van der Waals surface area contributed by atoms with Crippen molar-refractivity contribution < 1.29 is 5.11 Å². The Labute approximate surface area is 131 Å². The van der Waals surface area contributed by atoms with Gasteiger partial charge in [0, 0.05) is 30.7 Å². The standard InChI is InChI=1S/C17H37N3O/c1-14(2)18-17(4,13-21)9-7-8-10-20-11-15(3)16(12-20)19(5)6/h14-16,18,21H,7-13H2,1-6H3. The van der Waals surface area contributed by atoms with Crippen LogP contribution in [0.3, 0.4) is 0 Å². The molecule has 0 saturated carbocycles. The van der Waals surface area contributed by atoms with Gasteiger partial charge >= 0.3 is 0 Å². The summed E-state index contributed by atoms with van der Waals surface area (Å²) >= 11 is 0. The van der Waals surface area contributed by atoms with Gasteiger partial charge in [0.1, 0.15) is 0 Å². The average Bonchev–Trinajstić information content (AvgIpc) is 2.75. The van der Waals surface area contributed by atoms with E-state index in [0.29, 0.717) is 12.1 Å². The van der Waals surface area contributed by atoms with Crippen LogP contribution in [0.1, 0.15) is 47.0 Å². The Bertz CT molecular complexity index is 296. The van der Waals surface area contributed by atoms with Crippen LogP contribution in [0.2, 0.25) is 0 Å². The molecule has 1 aliphatic heterocycles. The molecule has 0 aromatic rings. The molecule has 1 aliphatic rings. The third-order valence-electron chi connectivity index (χ3n) is 4.75. The summed E-state index contributed by atoms with van der Waals surface area (Å²) in [7, 11) is 4.38. The van der Waals surface area contributed by atoms with E-state index in [1.807, 2.05) is 0 Å². The van der Waals surface area contributed by atoms with Gasteiger partial charge in [-0.2, -0.15) is 0 Å². The van der Waals surface area contributed by atoms with Crippen molar-refractivity contribution in [3.63, 3.8) is 0 Å². The van der Waals surface area contributed by atoms with Crippen molar-refractivity contribution in [1.82, 2.24) is 15.1 Å². The highest BCUT2D eigenvalue weighted by atomic mass is 16.3. The molecule has 4 nitrogen and oxygen atoms in total. The van der Waals surface area contributed by atoms with Gasteiger partial charge in [0.25, 0.3) is 0 Å². The van der Waals surface area contributed by atoms with E-state index in [1.165, 1.54) is 32.5 Å². The topological polar surface area (TPSA) is 38.7 Å². The maximum atomic E-state index is 9.60. The highest BCUT2D eigenvalue weighted by molar-refractivity contribution is 4.87. The van der Waals surface area contributed by atoms with Crippen molar-refractivity contribution in [2.75, 3.05) is 40.3 Å². The van der Waals surface area contributed by atoms with Crippen LogP contribution in [-0.4, -0.2) is 72.9 Å². The highest BCUT2D eigenvalue weighted by Crippen LogP contribution is 2.21. The fourth-order valence-electron chi connectivity index (χ4n) is 3.65. The normalized spacial score (nSPS) is 26.7. The van der Waals surface area contributed by atoms with E-state index in [4.69, 9.17) is 0 Å². The minimum Gasteiger partial charge on any atom is -0.394 e. The monoisotopic (exact) mass is 299 g/mol. The summed E-state index contributed by atoms with van der Waals surface area (Å²) in [6.45, 7) is 12.6. The number of aliphatic hydroxyl groups excluding tert-OH is 1. The van der Waals surface area contributed by atoms with Crippen LogP contribution < -0.4 is 5.32 Å². The molecule has 0 aromatic heterocycles. The molecule has 126 valence electrons. The summed E-state index contributed by atoms with van der Waals surface area (Å²) in [6.07, 6.45) is 3.44. The lowest BCUT2D eigenvalue weighted by Gasteiger charge is -2.31. The summed E-state index contributed by atoms with van der Waals surface area (Å²) in [6, 6.07) is 1.12. The van der Waals surface area contributed by atoms with Gasteiger partial charge in [0.2, 0.25) is 0 Å². The Morgan fingerprint density at radius 3 is 2.43 bits per heavy atom. The zero-order chi connectivity index (χ0) is 16.0. The van der Waals surface area contributed by atoms with Crippen LogP contribution in [0.4, 0.5) is 0 Å². The molecule has 21 heavy (non-hydrogen) atoms. The first-order chi connectivity index (χ1) is 9.77. The SMILES string of the molecule is CC(C)NC(C)(CO)CCCCN1CC(C)C(N(C)C)C1. The summed E-state index contributed by atoms with van der Waals surface area (Å²) in [4.78, 5) is 4.96. The van der Waals surface area contributed by atoms with Crippen LogP contribution in [0, 0.1) is 5.92 Å². The van der Waals surface area contributed by atoms with Crippen LogP contribution in [0.5, 0.6) is 0 Å². The smallest absolute Gasteiger partial charge is 0.0610 e. The molecule has 0 bridgehead atoms. The number of hydrogen-bond donors (Lipinski definition) is 2. The maximum absolute atomic E-state index is 9.60. The molecule has 1 fully saturated rings. The Kier molecular flexibility index (Phi) is 7.62. The van der Waals surface area contributed by atoms with Crippen molar-refractivity contribution in [2.45, 2.75) is 64.6 Å². The minimum atomic E-state index is -0.126. The second-order valence-electron chi connectivity index (χ2n) is 7.74. The molecule has 0 aliphatic carbocycles. The number of aliphatic hydroxyl groups is 1. The Balaban J connectivity index is 2.25. The van der Waals surface area contributed by atoms with Gasteiger partial charge in [-0.3, -0.25) is 0 Å². The Morgan fingerprint density at radius 1 is 1.29 bits per heavy atom. The van der Waals surface area contributed by atoms with Crippen molar-refractivity contribution in [1.29, 1.82) is 0 Å². The second kappa shape index (κ2) is 8.47. The third-order valence-corrected chi connectivity index (χ3v) is 4.75. The van der Waals surface area contributed by atoms with Gasteiger partial charge in [-0.05, 0) is 46.3 Å². The highest BCUT2D eigenvalue weighted by Gasteiger charge is 2.30. The van der Waals surface area contributed by atoms with Crippen molar-refractivity contribution in [3.8, 4) is 0 Å². The number of unbranched alkanes of at least 4 members (excludes halogenated alkanes) is 1. The average molecular weight is 300 g/mol. The van der Waals surface area contributed by atoms with Gasteiger partial charge in [-0.1, -0.05) is 27.2 Å². The van der Waals surface area contributed by atoms with Crippen LogP contribution in [0.25, 0.3) is 0 Å². The van der Waals surface area contributed by atoms with E-state index in [2.05, 4.69) is 56.9 Å². The van der Waals surface area contributed by atoms with E-state index in [1.54, 1.807) is 0 Å². The molecule has 4 heteroatoms. The molecule has 1 saturated heterocycles. The van der Waals surface area contributed by atoms with E-state index in [9.17, 15) is 5.11 Å². The first kappa shape index (κ1) is 18.9. The molecule has 0 spiro atoms. The lowest BCUT2D eigenvalue weighted by Crippen LogP contribution is -2.49. The first-order valence-electron chi connectivity index (χ1n) is 8.55. The summed E-state index contributed by atoms with van der Waals surface area (Å²) in [5.41, 5.74) is -0.126. The number of hydrogen-bond acceptors (Lipinski definition) is 4. The van der Waals surface area contributed by atoms with Crippen molar-refractivity contribution in [2.24, 2.45) is 5.92 Å². The molecule has 1 heterocycles. The zero-order valence-corrected chi connectivity index (χ0v) is 15.0.